The molecule has 21 heavy (non-hydrogen) atoms. The van der Waals surface area contributed by atoms with E-state index in [0.717, 1.165) is 30.5 Å². The number of hydrogen-bond acceptors (Lipinski definition) is 5. The number of fused-ring (bicyclic) bond motifs is 2. The highest BCUT2D eigenvalue weighted by Gasteiger charge is 2.43. The minimum atomic E-state index is -0.256. The van der Waals surface area contributed by atoms with Gasteiger partial charge in [-0.25, -0.2) is 4.98 Å². The second-order valence-corrected chi connectivity index (χ2v) is 6.12. The van der Waals surface area contributed by atoms with Crippen LogP contribution in [0.5, 0.6) is 0 Å². The Labute approximate surface area is 121 Å². The van der Waals surface area contributed by atoms with Crippen LogP contribution in [0.3, 0.4) is 0 Å². The van der Waals surface area contributed by atoms with Crippen LogP contribution in [0.1, 0.15) is 28.9 Å². The first-order valence-electron chi connectivity index (χ1n) is 7.33. The van der Waals surface area contributed by atoms with Gasteiger partial charge in [0.15, 0.2) is 0 Å². The molecule has 0 spiro atoms. The Morgan fingerprint density at radius 1 is 1.43 bits per heavy atom. The highest BCUT2D eigenvalue weighted by molar-refractivity contribution is 5.97. The molecule has 0 radical (unpaired) electrons. The molecule has 1 saturated heterocycles. The molecule has 0 aromatic carbocycles. The van der Waals surface area contributed by atoms with Crippen LogP contribution in [0.2, 0.25) is 0 Å². The molecule has 3 heterocycles. The molecule has 4 rings (SSSR count). The molecule has 1 aliphatic carbocycles. The van der Waals surface area contributed by atoms with Gasteiger partial charge in [0.25, 0.3) is 11.6 Å². The predicted molar refractivity (Wildman–Crippen MR) is 74.7 cm³/mol. The Kier molecular flexibility index (Phi) is 2.75. The fourth-order valence-corrected chi connectivity index (χ4v) is 3.65. The molecule has 6 heteroatoms. The molecule has 3 atom stereocenters. The second-order valence-electron chi connectivity index (χ2n) is 6.12. The third-order valence-corrected chi connectivity index (χ3v) is 4.86. The fraction of sp³-hybridized carbons (Fsp3) is 0.533. The van der Waals surface area contributed by atoms with Crippen molar-refractivity contribution < 1.29 is 14.4 Å². The Balaban J connectivity index is 1.60. The molecule has 2 fully saturated rings. The van der Waals surface area contributed by atoms with E-state index in [-0.39, 0.29) is 17.9 Å². The SMILES string of the molecule is Cc1noc2ncc(C(=O)N3CC4CCC(O)C4C3)cc12. The normalized spacial score (nSPS) is 28.3. The summed E-state index contributed by atoms with van der Waals surface area (Å²) in [7, 11) is 0. The molecule has 2 aromatic heterocycles. The largest absolute Gasteiger partial charge is 0.393 e. The number of aromatic nitrogens is 2. The van der Waals surface area contributed by atoms with Gasteiger partial charge in [-0.15, -0.1) is 0 Å². The van der Waals surface area contributed by atoms with Crippen molar-refractivity contribution in [2.45, 2.75) is 25.9 Å². The van der Waals surface area contributed by atoms with E-state index in [1.54, 1.807) is 12.3 Å². The Morgan fingerprint density at radius 3 is 3.10 bits per heavy atom. The summed E-state index contributed by atoms with van der Waals surface area (Å²) in [5, 5.41) is 14.6. The Bertz CT molecular complexity index is 711. The Morgan fingerprint density at radius 2 is 2.29 bits per heavy atom. The monoisotopic (exact) mass is 287 g/mol. The number of aliphatic hydroxyl groups is 1. The second kappa shape index (κ2) is 4.53. The maximum absolute atomic E-state index is 12.6. The van der Waals surface area contributed by atoms with Crippen molar-refractivity contribution in [2.24, 2.45) is 11.8 Å². The van der Waals surface area contributed by atoms with Gasteiger partial charge in [-0.1, -0.05) is 5.16 Å². The molecular formula is C15H17N3O3. The molecule has 6 nitrogen and oxygen atoms in total. The van der Waals surface area contributed by atoms with E-state index in [1.807, 2.05) is 11.8 Å². The minimum Gasteiger partial charge on any atom is -0.393 e. The van der Waals surface area contributed by atoms with Gasteiger partial charge < -0.3 is 14.5 Å². The van der Waals surface area contributed by atoms with E-state index in [4.69, 9.17) is 4.52 Å². The van der Waals surface area contributed by atoms with Crippen molar-refractivity contribution in [3.63, 3.8) is 0 Å². The lowest BCUT2D eigenvalue weighted by Crippen LogP contribution is -2.31. The lowest BCUT2D eigenvalue weighted by Gasteiger charge is -2.18. The third-order valence-electron chi connectivity index (χ3n) is 4.86. The van der Waals surface area contributed by atoms with E-state index >= 15 is 0 Å². The van der Waals surface area contributed by atoms with Crippen molar-refractivity contribution in [3.8, 4) is 0 Å². The lowest BCUT2D eigenvalue weighted by atomic mass is 10.00. The van der Waals surface area contributed by atoms with Gasteiger partial charge in [0.2, 0.25) is 0 Å². The summed E-state index contributed by atoms with van der Waals surface area (Å²) in [4.78, 5) is 18.6. The van der Waals surface area contributed by atoms with Crippen LogP contribution < -0.4 is 0 Å². The van der Waals surface area contributed by atoms with Gasteiger partial charge in [-0.2, -0.15) is 0 Å². The first-order valence-corrected chi connectivity index (χ1v) is 7.33. The number of pyridine rings is 1. The number of carbonyl (C=O) groups excluding carboxylic acids is 1. The zero-order valence-electron chi connectivity index (χ0n) is 11.8. The van der Waals surface area contributed by atoms with Crippen LogP contribution >= 0.6 is 0 Å². The van der Waals surface area contributed by atoms with Crippen LogP contribution in [-0.4, -0.2) is 45.2 Å². The van der Waals surface area contributed by atoms with Crippen molar-refractivity contribution in [2.75, 3.05) is 13.1 Å². The van der Waals surface area contributed by atoms with Crippen molar-refractivity contribution in [1.82, 2.24) is 15.0 Å². The number of amides is 1. The standard InChI is InChI=1S/C15H17N3O3/c1-8-11-4-10(5-16-14(11)21-17-8)15(20)18-6-9-2-3-13(19)12(9)7-18/h4-5,9,12-13,19H,2-3,6-7H2,1H3. The number of rotatable bonds is 1. The summed E-state index contributed by atoms with van der Waals surface area (Å²) in [5.41, 5.74) is 1.75. The highest BCUT2D eigenvalue weighted by Crippen LogP contribution is 2.38. The summed E-state index contributed by atoms with van der Waals surface area (Å²) >= 11 is 0. The van der Waals surface area contributed by atoms with E-state index in [9.17, 15) is 9.90 Å². The van der Waals surface area contributed by atoms with E-state index < -0.39 is 0 Å². The van der Waals surface area contributed by atoms with Gasteiger partial charge >= 0.3 is 0 Å². The number of aliphatic hydroxyl groups excluding tert-OH is 1. The van der Waals surface area contributed by atoms with Crippen molar-refractivity contribution >= 4 is 17.0 Å². The molecule has 2 aliphatic rings. The summed E-state index contributed by atoms with van der Waals surface area (Å²) < 4.78 is 5.06. The van der Waals surface area contributed by atoms with Crippen LogP contribution in [-0.2, 0) is 0 Å². The first-order chi connectivity index (χ1) is 10.1. The zero-order chi connectivity index (χ0) is 14.6. The number of hydrogen-bond donors (Lipinski definition) is 1. The van der Waals surface area contributed by atoms with E-state index in [1.165, 1.54) is 0 Å². The van der Waals surface area contributed by atoms with Crippen LogP contribution in [0, 0.1) is 18.8 Å². The van der Waals surface area contributed by atoms with Gasteiger partial charge in [0.05, 0.1) is 22.7 Å². The number of carbonyl (C=O) groups is 1. The van der Waals surface area contributed by atoms with Gasteiger partial charge in [0, 0.05) is 25.2 Å². The summed E-state index contributed by atoms with van der Waals surface area (Å²) in [6.07, 6.45) is 3.16. The van der Waals surface area contributed by atoms with Crippen molar-refractivity contribution in [1.29, 1.82) is 0 Å². The number of nitrogens with zero attached hydrogens (tertiary/aromatic N) is 3. The molecule has 1 saturated carbocycles. The molecule has 0 bridgehead atoms. The molecule has 2 aromatic rings. The molecule has 1 aliphatic heterocycles. The molecule has 1 N–H and O–H groups in total. The summed E-state index contributed by atoms with van der Waals surface area (Å²) in [6.45, 7) is 3.21. The van der Waals surface area contributed by atoms with Crippen LogP contribution in [0.4, 0.5) is 0 Å². The van der Waals surface area contributed by atoms with E-state index in [0.29, 0.717) is 23.7 Å². The van der Waals surface area contributed by atoms with E-state index in [2.05, 4.69) is 10.1 Å². The average Bonchev–Trinajstić information content (AvgIpc) is 3.16. The fourth-order valence-electron chi connectivity index (χ4n) is 3.65. The van der Waals surface area contributed by atoms with Crippen LogP contribution in [0.15, 0.2) is 16.8 Å². The topological polar surface area (TPSA) is 79.5 Å². The molecule has 1 amide bonds. The highest BCUT2D eigenvalue weighted by atomic mass is 16.5. The first kappa shape index (κ1) is 12.8. The summed E-state index contributed by atoms with van der Waals surface area (Å²) in [5.74, 6) is 0.660. The predicted octanol–water partition coefficient (Wildman–Crippen LogP) is 1.37. The third kappa shape index (κ3) is 1.93. The van der Waals surface area contributed by atoms with Crippen molar-refractivity contribution in [3.05, 3.63) is 23.5 Å². The average molecular weight is 287 g/mol. The minimum absolute atomic E-state index is 0.0217. The number of aryl methyl sites for hydroxylation is 1. The van der Waals surface area contributed by atoms with Gasteiger partial charge in [-0.05, 0) is 31.7 Å². The quantitative estimate of drug-likeness (QED) is 0.857. The van der Waals surface area contributed by atoms with Crippen LogP contribution in [0.25, 0.3) is 11.1 Å². The molecule has 110 valence electrons. The Hall–Kier alpha value is -1.95. The summed E-state index contributed by atoms with van der Waals surface area (Å²) in [6, 6.07) is 1.79. The maximum Gasteiger partial charge on any atom is 0.257 e. The van der Waals surface area contributed by atoms with Gasteiger partial charge in [0.1, 0.15) is 0 Å². The molecule has 3 unspecified atom stereocenters. The van der Waals surface area contributed by atoms with Gasteiger partial charge in [-0.3, -0.25) is 4.79 Å². The maximum atomic E-state index is 12.6. The zero-order valence-corrected chi connectivity index (χ0v) is 11.8. The number of likely N-dealkylation sites (tertiary alicyclic amines) is 1. The molecular weight excluding hydrogens is 270 g/mol. The smallest absolute Gasteiger partial charge is 0.257 e. The lowest BCUT2D eigenvalue weighted by molar-refractivity contribution is 0.0752.